The largest absolute Gasteiger partial charge is 0.409 e. The molecule has 4 N–H and O–H groups in total. The number of halogens is 1. The lowest BCUT2D eigenvalue weighted by Gasteiger charge is -2.18. The molecular weight excluding hydrogens is 269 g/mol. The van der Waals surface area contributed by atoms with E-state index in [1.54, 1.807) is 12.1 Å². The average Bonchev–Trinajstić information content (AvgIpc) is 2.50. The first-order valence-electron chi connectivity index (χ1n) is 7.62. The van der Waals surface area contributed by atoms with Gasteiger partial charge in [-0.2, -0.15) is 0 Å². The SMILES string of the molecule is CCCCC(CCC)NCc1cccc(/C(N)=N/O)c1F. The van der Waals surface area contributed by atoms with E-state index in [0.29, 0.717) is 18.2 Å². The van der Waals surface area contributed by atoms with Crippen LogP contribution in [0.1, 0.15) is 57.1 Å². The maximum Gasteiger partial charge on any atom is 0.173 e. The Kier molecular flexibility index (Phi) is 7.75. The van der Waals surface area contributed by atoms with Crippen molar-refractivity contribution < 1.29 is 9.60 Å². The van der Waals surface area contributed by atoms with Crippen molar-refractivity contribution in [1.82, 2.24) is 5.32 Å². The lowest BCUT2D eigenvalue weighted by Crippen LogP contribution is -2.29. The number of hydrogen-bond acceptors (Lipinski definition) is 3. The molecule has 0 aliphatic carbocycles. The summed E-state index contributed by atoms with van der Waals surface area (Å²) in [6.07, 6.45) is 5.63. The second kappa shape index (κ2) is 9.34. The molecule has 1 aromatic rings. The second-order valence-electron chi connectivity index (χ2n) is 5.27. The minimum absolute atomic E-state index is 0.136. The third-order valence-corrected chi connectivity index (χ3v) is 3.59. The number of amidine groups is 1. The molecule has 21 heavy (non-hydrogen) atoms. The van der Waals surface area contributed by atoms with Crippen LogP contribution in [-0.2, 0) is 6.54 Å². The number of benzene rings is 1. The number of nitrogens with one attached hydrogen (secondary N) is 1. The fraction of sp³-hybridized carbons (Fsp3) is 0.562. The van der Waals surface area contributed by atoms with Gasteiger partial charge in [0.25, 0.3) is 0 Å². The van der Waals surface area contributed by atoms with Crippen molar-refractivity contribution in [2.45, 2.75) is 58.5 Å². The average molecular weight is 295 g/mol. The van der Waals surface area contributed by atoms with E-state index in [1.807, 2.05) is 0 Å². The summed E-state index contributed by atoms with van der Waals surface area (Å²) in [6.45, 7) is 4.77. The molecule has 0 saturated carbocycles. The van der Waals surface area contributed by atoms with Gasteiger partial charge in [0.1, 0.15) is 5.82 Å². The normalized spacial score (nSPS) is 13.4. The molecule has 1 atom stereocenters. The van der Waals surface area contributed by atoms with E-state index in [4.69, 9.17) is 10.9 Å². The van der Waals surface area contributed by atoms with E-state index < -0.39 is 5.82 Å². The summed E-state index contributed by atoms with van der Waals surface area (Å²) in [4.78, 5) is 0. The smallest absolute Gasteiger partial charge is 0.173 e. The summed E-state index contributed by atoms with van der Waals surface area (Å²) >= 11 is 0. The van der Waals surface area contributed by atoms with Crippen LogP contribution < -0.4 is 11.1 Å². The summed E-state index contributed by atoms with van der Waals surface area (Å²) in [6, 6.07) is 5.35. The van der Waals surface area contributed by atoms with Crippen LogP contribution in [0.25, 0.3) is 0 Å². The fourth-order valence-electron chi connectivity index (χ4n) is 2.37. The zero-order valence-electron chi connectivity index (χ0n) is 12.9. The standard InChI is InChI=1S/C16H26FN3O/c1-3-5-9-13(7-4-2)19-11-12-8-6-10-14(15(12)17)16(18)20-21/h6,8,10,13,19,21H,3-5,7,9,11H2,1-2H3,(H2,18,20). The second-order valence-corrected chi connectivity index (χ2v) is 5.27. The number of oxime groups is 1. The van der Waals surface area contributed by atoms with Crippen molar-refractivity contribution in [3.05, 3.63) is 35.1 Å². The minimum atomic E-state index is -0.425. The highest BCUT2D eigenvalue weighted by molar-refractivity contribution is 5.97. The van der Waals surface area contributed by atoms with Gasteiger partial charge in [-0.1, -0.05) is 50.4 Å². The van der Waals surface area contributed by atoms with Crippen LogP contribution in [0.4, 0.5) is 4.39 Å². The first kappa shape index (κ1) is 17.4. The van der Waals surface area contributed by atoms with E-state index >= 15 is 0 Å². The van der Waals surface area contributed by atoms with Crippen molar-refractivity contribution >= 4 is 5.84 Å². The number of nitrogens with two attached hydrogens (primary N) is 1. The maximum atomic E-state index is 14.3. The van der Waals surface area contributed by atoms with Crippen molar-refractivity contribution in [1.29, 1.82) is 0 Å². The predicted molar refractivity (Wildman–Crippen MR) is 84.0 cm³/mol. The molecule has 0 radical (unpaired) electrons. The first-order chi connectivity index (χ1) is 10.1. The van der Waals surface area contributed by atoms with Crippen LogP contribution >= 0.6 is 0 Å². The molecular formula is C16H26FN3O. The van der Waals surface area contributed by atoms with E-state index in [9.17, 15) is 4.39 Å². The molecule has 0 aromatic heterocycles. The molecule has 1 unspecified atom stereocenters. The minimum Gasteiger partial charge on any atom is -0.409 e. The molecule has 5 heteroatoms. The molecule has 0 heterocycles. The van der Waals surface area contributed by atoms with Crippen LogP contribution in [0, 0.1) is 5.82 Å². The van der Waals surface area contributed by atoms with Gasteiger partial charge in [-0.15, -0.1) is 0 Å². The van der Waals surface area contributed by atoms with Gasteiger partial charge in [-0.25, -0.2) is 4.39 Å². The fourth-order valence-corrected chi connectivity index (χ4v) is 2.37. The van der Waals surface area contributed by atoms with Crippen LogP contribution in [0.5, 0.6) is 0 Å². The summed E-state index contributed by atoms with van der Waals surface area (Å²) in [7, 11) is 0. The molecule has 0 amide bonds. The van der Waals surface area contributed by atoms with Gasteiger partial charge in [0.05, 0.1) is 5.56 Å². The monoisotopic (exact) mass is 295 g/mol. The molecule has 0 saturated heterocycles. The zero-order chi connectivity index (χ0) is 15.7. The lowest BCUT2D eigenvalue weighted by atomic mass is 10.0. The highest BCUT2D eigenvalue weighted by Gasteiger charge is 2.13. The van der Waals surface area contributed by atoms with E-state index in [0.717, 1.165) is 25.7 Å². The Hall–Kier alpha value is -1.62. The Morgan fingerprint density at radius 3 is 2.71 bits per heavy atom. The summed E-state index contributed by atoms with van der Waals surface area (Å²) < 4.78 is 14.3. The quantitative estimate of drug-likeness (QED) is 0.283. The van der Waals surface area contributed by atoms with E-state index in [1.165, 1.54) is 12.5 Å². The van der Waals surface area contributed by atoms with Gasteiger partial charge in [-0.05, 0) is 18.9 Å². The van der Waals surface area contributed by atoms with E-state index in [2.05, 4.69) is 24.3 Å². The first-order valence-corrected chi connectivity index (χ1v) is 7.62. The molecule has 1 aromatic carbocycles. The zero-order valence-corrected chi connectivity index (χ0v) is 12.9. The highest BCUT2D eigenvalue weighted by atomic mass is 19.1. The van der Waals surface area contributed by atoms with Crippen LogP contribution in [0.15, 0.2) is 23.4 Å². The molecule has 118 valence electrons. The Balaban J connectivity index is 2.73. The van der Waals surface area contributed by atoms with Gasteiger partial charge < -0.3 is 16.3 Å². The van der Waals surface area contributed by atoms with Gasteiger partial charge >= 0.3 is 0 Å². The molecule has 0 aliphatic rings. The number of hydrogen-bond donors (Lipinski definition) is 3. The number of unbranched alkanes of at least 4 members (excludes halogenated alkanes) is 1. The predicted octanol–water partition coefficient (Wildman–Crippen LogP) is 3.37. The molecule has 0 aliphatic heterocycles. The maximum absolute atomic E-state index is 14.3. The number of nitrogens with zero attached hydrogens (tertiary/aromatic N) is 1. The third-order valence-electron chi connectivity index (χ3n) is 3.59. The topological polar surface area (TPSA) is 70.6 Å². The molecule has 0 bridgehead atoms. The molecule has 0 spiro atoms. The molecule has 0 fully saturated rings. The Labute approximate surface area is 126 Å². The highest BCUT2D eigenvalue weighted by Crippen LogP contribution is 2.14. The number of rotatable bonds is 9. The van der Waals surface area contributed by atoms with Crippen molar-refractivity contribution in [3.63, 3.8) is 0 Å². The van der Waals surface area contributed by atoms with Crippen molar-refractivity contribution in [2.75, 3.05) is 0 Å². The molecule has 1 rings (SSSR count). The third kappa shape index (κ3) is 5.34. The Bertz CT molecular complexity index is 463. The van der Waals surface area contributed by atoms with E-state index in [-0.39, 0.29) is 11.4 Å². The summed E-state index contributed by atoms with van der Waals surface area (Å²) in [5.41, 5.74) is 6.15. The van der Waals surface area contributed by atoms with Crippen LogP contribution in [-0.4, -0.2) is 17.1 Å². The van der Waals surface area contributed by atoms with Crippen LogP contribution in [0.3, 0.4) is 0 Å². The van der Waals surface area contributed by atoms with Crippen molar-refractivity contribution in [2.24, 2.45) is 10.9 Å². The van der Waals surface area contributed by atoms with Crippen LogP contribution in [0.2, 0.25) is 0 Å². The Morgan fingerprint density at radius 1 is 1.33 bits per heavy atom. The van der Waals surface area contributed by atoms with Gasteiger partial charge in [0.15, 0.2) is 5.84 Å². The van der Waals surface area contributed by atoms with Gasteiger partial charge in [-0.3, -0.25) is 0 Å². The van der Waals surface area contributed by atoms with Gasteiger partial charge in [0.2, 0.25) is 0 Å². The summed E-state index contributed by atoms with van der Waals surface area (Å²) in [5, 5.41) is 14.9. The van der Waals surface area contributed by atoms with Gasteiger partial charge in [0, 0.05) is 18.2 Å². The lowest BCUT2D eigenvalue weighted by molar-refractivity contribution is 0.318. The Morgan fingerprint density at radius 2 is 2.10 bits per heavy atom. The van der Waals surface area contributed by atoms with Crippen molar-refractivity contribution in [3.8, 4) is 0 Å². The molecule has 4 nitrogen and oxygen atoms in total. The summed E-state index contributed by atoms with van der Waals surface area (Å²) in [5.74, 6) is -0.628.